The minimum atomic E-state index is -1.29. The molecule has 1 N–H and O–H groups in total. The van der Waals surface area contributed by atoms with Crippen molar-refractivity contribution in [2.45, 2.75) is 18.6 Å². The van der Waals surface area contributed by atoms with Crippen LogP contribution in [-0.4, -0.2) is 5.11 Å². The third kappa shape index (κ3) is 1.96. The van der Waals surface area contributed by atoms with Gasteiger partial charge >= 0.3 is 5.63 Å². The second-order valence-corrected chi connectivity index (χ2v) is 5.56. The second-order valence-electron chi connectivity index (χ2n) is 4.45. The fourth-order valence-electron chi connectivity index (χ4n) is 1.61. The molecule has 0 atom stereocenters. The van der Waals surface area contributed by atoms with Crippen LogP contribution in [0.25, 0.3) is 11.0 Å². The van der Waals surface area contributed by atoms with Crippen molar-refractivity contribution in [1.29, 1.82) is 0 Å². The summed E-state index contributed by atoms with van der Waals surface area (Å²) < 4.78 is 30.7. The smallest absolute Gasteiger partial charge is 0.340 e. The zero-order chi connectivity index (χ0) is 13.7. The van der Waals surface area contributed by atoms with Crippen molar-refractivity contribution >= 4 is 23.6 Å². The summed E-state index contributed by atoms with van der Waals surface area (Å²) in [5.74, 6) is -3.56. The Labute approximate surface area is 106 Å². The number of halogens is 2. The van der Waals surface area contributed by atoms with Crippen molar-refractivity contribution in [2.75, 3.05) is 0 Å². The van der Waals surface area contributed by atoms with Gasteiger partial charge in [0.15, 0.2) is 17.1 Å². The predicted molar refractivity (Wildman–Crippen MR) is 66.1 cm³/mol. The van der Waals surface area contributed by atoms with Crippen LogP contribution < -0.4 is 5.63 Å². The molecular weight excluding hydrogens is 262 g/mol. The van der Waals surface area contributed by atoms with Gasteiger partial charge < -0.3 is 9.52 Å². The largest absolute Gasteiger partial charge is 0.503 e. The van der Waals surface area contributed by atoms with E-state index < -0.39 is 33.3 Å². The van der Waals surface area contributed by atoms with Gasteiger partial charge in [0.05, 0.1) is 5.56 Å². The van der Waals surface area contributed by atoms with E-state index in [9.17, 15) is 13.6 Å². The first-order valence-corrected chi connectivity index (χ1v) is 5.54. The number of rotatable bonds is 1. The van der Waals surface area contributed by atoms with E-state index in [1.807, 2.05) is 0 Å². The Hall–Kier alpha value is -1.56. The van der Waals surface area contributed by atoms with E-state index in [4.69, 9.17) is 9.52 Å². The van der Waals surface area contributed by atoms with Crippen molar-refractivity contribution in [3.8, 4) is 5.75 Å². The molecule has 96 valence electrons. The lowest BCUT2D eigenvalue weighted by atomic mass is 10.0. The molecule has 0 saturated carbocycles. The van der Waals surface area contributed by atoms with Crippen LogP contribution in [0.1, 0.15) is 19.4 Å². The minimum Gasteiger partial charge on any atom is -0.503 e. The van der Waals surface area contributed by atoms with Gasteiger partial charge in [-0.25, -0.2) is 9.18 Å². The summed E-state index contributed by atoms with van der Waals surface area (Å²) in [5.41, 5.74) is -1.06. The Morgan fingerprint density at radius 1 is 1.33 bits per heavy atom. The molecule has 0 spiro atoms. The Balaban J connectivity index is 2.90. The number of fused-ring (bicyclic) bond motifs is 1. The average Bonchev–Trinajstić information content (AvgIpc) is 2.25. The maximum Gasteiger partial charge on any atom is 0.340 e. The molecule has 1 aromatic heterocycles. The van der Waals surface area contributed by atoms with E-state index in [0.717, 1.165) is 6.07 Å². The number of benzene rings is 1. The number of thiol groups is 1. The molecule has 0 saturated heterocycles. The third-order valence-corrected chi connectivity index (χ3v) is 2.79. The van der Waals surface area contributed by atoms with E-state index in [1.165, 1.54) is 6.07 Å². The van der Waals surface area contributed by atoms with E-state index in [1.54, 1.807) is 13.8 Å². The van der Waals surface area contributed by atoms with Crippen LogP contribution >= 0.6 is 12.6 Å². The van der Waals surface area contributed by atoms with Crippen molar-refractivity contribution in [3.05, 3.63) is 39.8 Å². The number of hydrogen-bond donors (Lipinski definition) is 2. The highest BCUT2D eigenvalue weighted by molar-refractivity contribution is 7.81. The summed E-state index contributed by atoms with van der Waals surface area (Å²) in [5, 5.41) is 9.15. The van der Waals surface area contributed by atoms with Gasteiger partial charge in [0, 0.05) is 10.1 Å². The molecule has 0 amide bonds. The Morgan fingerprint density at radius 3 is 2.50 bits per heavy atom. The molecule has 0 radical (unpaired) electrons. The molecule has 3 nitrogen and oxygen atoms in total. The second kappa shape index (κ2) is 3.98. The first-order chi connectivity index (χ1) is 8.21. The predicted octanol–water partition coefficient (Wildman–Crippen LogP) is 2.94. The van der Waals surface area contributed by atoms with Crippen molar-refractivity contribution in [1.82, 2.24) is 0 Å². The quantitative estimate of drug-likeness (QED) is 0.620. The van der Waals surface area contributed by atoms with Gasteiger partial charge in [-0.2, -0.15) is 17.0 Å². The van der Waals surface area contributed by atoms with Crippen LogP contribution in [-0.2, 0) is 4.75 Å². The molecule has 1 aromatic carbocycles. The monoisotopic (exact) mass is 272 g/mol. The molecule has 0 aliphatic rings. The average molecular weight is 272 g/mol. The van der Waals surface area contributed by atoms with Gasteiger partial charge in [0.25, 0.3) is 0 Å². The first kappa shape index (κ1) is 12.9. The lowest BCUT2D eigenvalue weighted by molar-refractivity contribution is 0.392. The Bertz CT molecular complexity index is 686. The molecule has 0 unspecified atom stereocenters. The highest BCUT2D eigenvalue weighted by atomic mass is 32.1. The summed E-state index contributed by atoms with van der Waals surface area (Å²) in [4.78, 5) is 11.7. The van der Waals surface area contributed by atoms with Crippen molar-refractivity contribution in [2.24, 2.45) is 0 Å². The maximum atomic E-state index is 13.5. The van der Waals surface area contributed by atoms with E-state index in [-0.39, 0.29) is 10.9 Å². The highest BCUT2D eigenvalue weighted by Gasteiger charge is 2.23. The zero-order valence-electron chi connectivity index (χ0n) is 9.62. The van der Waals surface area contributed by atoms with Gasteiger partial charge in [-0.15, -0.1) is 0 Å². The SMILES string of the molecule is CC(C)(S)c1cc2cc(F)c(O)c(F)c2oc1=O. The summed E-state index contributed by atoms with van der Waals surface area (Å²) in [6.07, 6.45) is 0. The lowest BCUT2D eigenvalue weighted by Crippen LogP contribution is -2.19. The number of aromatic hydroxyl groups is 1. The fraction of sp³-hybridized carbons (Fsp3) is 0.250. The van der Waals surface area contributed by atoms with Gasteiger partial charge in [-0.1, -0.05) is 0 Å². The molecule has 1 heterocycles. The highest BCUT2D eigenvalue weighted by Crippen LogP contribution is 2.31. The van der Waals surface area contributed by atoms with Crippen LogP contribution in [0, 0.1) is 11.6 Å². The molecule has 18 heavy (non-hydrogen) atoms. The molecular formula is C12H10F2O3S. The van der Waals surface area contributed by atoms with Gasteiger partial charge in [0.2, 0.25) is 5.82 Å². The van der Waals surface area contributed by atoms with Crippen LogP contribution in [0.5, 0.6) is 5.75 Å². The van der Waals surface area contributed by atoms with Crippen molar-refractivity contribution in [3.63, 3.8) is 0 Å². The molecule has 2 aromatic rings. The van der Waals surface area contributed by atoms with E-state index >= 15 is 0 Å². The molecule has 2 rings (SSSR count). The van der Waals surface area contributed by atoms with Gasteiger partial charge in [0.1, 0.15) is 0 Å². The fourth-order valence-corrected chi connectivity index (χ4v) is 1.76. The minimum absolute atomic E-state index is 0.0551. The maximum absolute atomic E-state index is 13.5. The third-order valence-electron chi connectivity index (χ3n) is 2.55. The topological polar surface area (TPSA) is 50.4 Å². The summed E-state index contributed by atoms with van der Waals surface area (Å²) in [6.45, 7) is 3.31. The van der Waals surface area contributed by atoms with E-state index in [0.29, 0.717) is 0 Å². The normalized spacial score (nSPS) is 12.1. The zero-order valence-corrected chi connectivity index (χ0v) is 10.5. The molecule has 0 aliphatic heterocycles. The number of hydrogen-bond acceptors (Lipinski definition) is 4. The number of phenols is 1. The molecule has 6 heteroatoms. The van der Waals surface area contributed by atoms with Crippen LogP contribution in [0.2, 0.25) is 0 Å². The van der Waals surface area contributed by atoms with Gasteiger partial charge in [-0.3, -0.25) is 0 Å². The Morgan fingerprint density at radius 2 is 1.94 bits per heavy atom. The van der Waals surface area contributed by atoms with Gasteiger partial charge in [-0.05, 0) is 26.0 Å². The number of phenolic OH excluding ortho intramolecular Hbond substituents is 1. The van der Waals surface area contributed by atoms with Crippen LogP contribution in [0.3, 0.4) is 0 Å². The van der Waals surface area contributed by atoms with Crippen LogP contribution in [0.15, 0.2) is 21.3 Å². The van der Waals surface area contributed by atoms with Crippen molar-refractivity contribution < 1.29 is 18.3 Å². The molecule has 0 bridgehead atoms. The standard InChI is InChI=1S/C12H10F2O3S/c1-12(2,18)6-3-5-4-7(13)9(15)8(14)10(5)17-11(6)16/h3-4,15,18H,1-2H3. The molecule has 0 aliphatic carbocycles. The first-order valence-electron chi connectivity index (χ1n) is 5.09. The lowest BCUT2D eigenvalue weighted by Gasteiger charge is -2.16. The summed E-state index contributed by atoms with van der Waals surface area (Å²) in [6, 6.07) is 2.21. The molecule has 0 fully saturated rings. The van der Waals surface area contributed by atoms with E-state index in [2.05, 4.69) is 12.6 Å². The summed E-state index contributed by atoms with van der Waals surface area (Å²) in [7, 11) is 0. The van der Waals surface area contributed by atoms with Crippen LogP contribution in [0.4, 0.5) is 8.78 Å². The Kier molecular flexibility index (Phi) is 2.85. The summed E-state index contributed by atoms with van der Waals surface area (Å²) >= 11 is 4.21.